The van der Waals surface area contributed by atoms with Gasteiger partial charge in [0.2, 0.25) is 11.8 Å². The van der Waals surface area contributed by atoms with Gasteiger partial charge in [0, 0.05) is 19.3 Å². The van der Waals surface area contributed by atoms with E-state index >= 15 is 0 Å². The average molecular weight is 331 g/mol. The minimum atomic E-state index is -0.340. The summed E-state index contributed by atoms with van der Waals surface area (Å²) in [6.07, 6.45) is 1.69. The molecule has 0 atom stereocenters. The van der Waals surface area contributed by atoms with E-state index < -0.39 is 0 Å². The molecule has 0 radical (unpaired) electrons. The molecule has 24 heavy (non-hydrogen) atoms. The van der Waals surface area contributed by atoms with Gasteiger partial charge in [-0.1, -0.05) is 12.1 Å². The van der Waals surface area contributed by atoms with Gasteiger partial charge < -0.3 is 15.4 Å². The lowest BCUT2D eigenvalue weighted by atomic mass is 10.1. The molecule has 0 saturated carbocycles. The molecule has 0 fully saturated rings. The van der Waals surface area contributed by atoms with Crippen LogP contribution >= 0.6 is 0 Å². The number of pyridine rings is 1. The van der Waals surface area contributed by atoms with Gasteiger partial charge in [-0.25, -0.2) is 9.37 Å². The molecule has 0 aliphatic carbocycles. The molecular formula is C17H18FN3O3. The number of ether oxygens (including phenoxy) is 1. The largest absolute Gasteiger partial charge is 0.480 e. The third-order valence-electron chi connectivity index (χ3n) is 3.22. The molecule has 2 aromatic rings. The molecule has 1 heterocycles. The molecule has 0 bridgehead atoms. The van der Waals surface area contributed by atoms with Crippen LogP contribution < -0.4 is 15.4 Å². The number of carbonyl (C=O) groups is 2. The van der Waals surface area contributed by atoms with E-state index in [0.717, 1.165) is 5.56 Å². The van der Waals surface area contributed by atoms with Crippen LogP contribution in [0.1, 0.15) is 15.9 Å². The lowest BCUT2D eigenvalue weighted by Crippen LogP contribution is -2.35. The normalized spacial score (nSPS) is 10.1. The predicted octanol–water partition coefficient (Wildman–Crippen LogP) is 1.32. The Kier molecular flexibility index (Phi) is 6.24. The highest BCUT2D eigenvalue weighted by Gasteiger charge is 2.12. The Balaban J connectivity index is 1.73. The second-order valence-electron chi connectivity index (χ2n) is 4.97. The number of benzene rings is 1. The molecular weight excluding hydrogens is 313 g/mol. The number of amides is 2. The highest BCUT2D eigenvalue weighted by atomic mass is 19.1. The molecule has 2 amide bonds. The fraction of sp³-hybridized carbons (Fsp3) is 0.235. The summed E-state index contributed by atoms with van der Waals surface area (Å²) < 4.78 is 17.8. The summed E-state index contributed by atoms with van der Waals surface area (Å²) in [5.41, 5.74) is 1.05. The van der Waals surface area contributed by atoms with E-state index in [2.05, 4.69) is 15.6 Å². The second kappa shape index (κ2) is 8.61. The van der Waals surface area contributed by atoms with Crippen LogP contribution in [0.4, 0.5) is 4.39 Å². The first-order valence-electron chi connectivity index (χ1n) is 7.38. The van der Waals surface area contributed by atoms with Crippen LogP contribution in [-0.2, 0) is 11.2 Å². The topological polar surface area (TPSA) is 80.3 Å². The number of aromatic nitrogens is 1. The lowest BCUT2D eigenvalue weighted by Gasteiger charge is -2.09. The van der Waals surface area contributed by atoms with Crippen LogP contribution in [0.3, 0.4) is 0 Å². The number of hydrogen-bond donors (Lipinski definition) is 2. The van der Waals surface area contributed by atoms with Crippen LogP contribution in [0, 0.1) is 5.82 Å². The number of halogens is 1. The Bertz CT molecular complexity index is 704. The van der Waals surface area contributed by atoms with Crippen molar-refractivity contribution in [2.45, 2.75) is 6.42 Å². The Morgan fingerprint density at radius 1 is 1.12 bits per heavy atom. The summed E-state index contributed by atoms with van der Waals surface area (Å²) in [5, 5.41) is 5.36. The molecule has 7 heteroatoms. The number of hydrogen-bond acceptors (Lipinski definition) is 4. The Hall–Kier alpha value is -2.96. The van der Waals surface area contributed by atoms with Crippen molar-refractivity contribution in [1.82, 2.24) is 15.6 Å². The van der Waals surface area contributed by atoms with Gasteiger partial charge in [-0.2, -0.15) is 0 Å². The fourth-order valence-electron chi connectivity index (χ4n) is 2.05. The highest BCUT2D eigenvalue weighted by molar-refractivity contribution is 5.96. The van der Waals surface area contributed by atoms with Crippen molar-refractivity contribution in [3.8, 4) is 5.88 Å². The maximum absolute atomic E-state index is 12.8. The molecule has 0 unspecified atom stereocenters. The Morgan fingerprint density at radius 2 is 1.83 bits per heavy atom. The lowest BCUT2D eigenvalue weighted by molar-refractivity contribution is -0.120. The van der Waals surface area contributed by atoms with E-state index in [4.69, 9.17) is 4.74 Å². The zero-order valence-electron chi connectivity index (χ0n) is 13.2. The number of nitrogens with zero attached hydrogens (tertiary/aromatic N) is 1. The number of nitrogens with one attached hydrogen (secondary N) is 2. The first-order chi connectivity index (χ1) is 11.6. The van der Waals surface area contributed by atoms with Crippen molar-refractivity contribution in [3.63, 3.8) is 0 Å². The quantitative estimate of drug-likeness (QED) is 0.750. The molecule has 0 saturated heterocycles. The number of methoxy groups -OCH3 is 1. The van der Waals surface area contributed by atoms with Gasteiger partial charge in [-0.3, -0.25) is 9.59 Å². The van der Waals surface area contributed by atoms with Crippen molar-refractivity contribution < 1.29 is 18.7 Å². The van der Waals surface area contributed by atoms with Gasteiger partial charge >= 0.3 is 0 Å². The molecule has 1 aromatic heterocycles. The van der Waals surface area contributed by atoms with E-state index in [9.17, 15) is 14.0 Å². The third-order valence-corrected chi connectivity index (χ3v) is 3.22. The van der Waals surface area contributed by atoms with Crippen molar-refractivity contribution in [3.05, 3.63) is 59.5 Å². The minimum Gasteiger partial charge on any atom is -0.480 e. The van der Waals surface area contributed by atoms with Gasteiger partial charge in [0.25, 0.3) is 5.91 Å². The number of carbonyl (C=O) groups excluding carboxylic acids is 2. The molecule has 2 rings (SSSR count). The molecule has 2 N–H and O–H groups in total. The summed E-state index contributed by atoms with van der Waals surface area (Å²) in [7, 11) is 1.44. The Morgan fingerprint density at radius 3 is 2.54 bits per heavy atom. The van der Waals surface area contributed by atoms with Gasteiger partial charge in [0.15, 0.2) is 0 Å². The van der Waals surface area contributed by atoms with Crippen LogP contribution in [0.25, 0.3) is 0 Å². The number of rotatable bonds is 7. The molecule has 1 aromatic carbocycles. The van der Waals surface area contributed by atoms with Crippen LogP contribution in [-0.4, -0.2) is 37.0 Å². The van der Waals surface area contributed by atoms with Crippen LogP contribution in [0.15, 0.2) is 42.6 Å². The van der Waals surface area contributed by atoms with Crippen molar-refractivity contribution >= 4 is 11.8 Å². The third kappa shape index (κ3) is 5.05. The zero-order chi connectivity index (χ0) is 17.4. The zero-order valence-corrected chi connectivity index (χ0v) is 13.2. The SMILES string of the molecule is COc1ncccc1C(=O)NCCNC(=O)Cc1ccc(F)cc1. The summed E-state index contributed by atoms with van der Waals surface area (Å²) in [5.74, 6) is -0.620. The van der Waals surface area contributed by atoms with E-state index in [1.165, 1.54) is 25.4 Å². The smallest absolute Gasteiger partial charge is 0.256 e. The van der Waals surface area contributed by atoms with Gasteiger partial charge in [0.05, 0.1) is 13.5 Å². The first-order valence-corrected chi connectivity index (χ1v) is 7.38. The maximum atomic E-state index is 12.8. The molecule has 0 spiro atoms. The summed E-state index contributed by atoms with van der Waals surface area (Å²) in [6.45, 7) is 0.556. The summed E-state index contributed by atoms with van der Waals surface area (Å²) >= 11 is 0. The minimum absolute atomic E-state index is 0.157. The van der Waals surface area contributed by atoms with E-state index in [1.54, 1.807) is 24.3 Å². The standard InChI is InChI=1S/C17H18FN3O3/c1-24-17-14(3-2-8-21-17)16(23)20-10-9-19-15(22)11-12-4-6-13(18)7-5-12/h2-8H,9-11H2,1H3,(H,19,22)(H,20,23). The monoisotopic (exact) mass is 331 g/mol. The molecule has 6 nitrogen and oxygen atoms in total. The first kappa shape index (κ1) is 17.4. The molecule has 0 aliphatic heterocycles. The van der Waals surface area contributed by atoms with Crippen molar-refractivity contribution in [1.29, 1.82) is 0 Å². The second-order valence-corrected chi connectivity index (χ2v) is 4.97. The van der Waals surface area contributed by atoms with Gasteiger partial charge in [-0.15, -0.1) is 0 Å². The van der Waals surface area contributed by atoms with Crippen LogP contribution in [0.2, 0.25) is 0 Å². The predicted molar refractivity (Wildman–Crippen MR) is 86.2 cm³/mol. The van der Waals surface area contributed by atoms with Gasteiger partial charge in [-0.05, 0) is 29.8 Å². The van der Waals surface area contributed by atoms with E-state index in [-0.39, 0.29) is 43.0 Å². The summed E-state index contributed by atoms with van der Waals surface area (Å²) in [6, 6.07) is 8.99. The van der Waals surface area contributed by atoms with E-state index in [1.807, 2.05) is 0 Å². The van der Waals surface area contributed by atoms with Gasteiger partial charge in [0.1, 0.15) is 11.4 Å². The van der Waals surface area contributed by atoms with Crippen molar-refractivity contribution in [2.75, 3.05) is 20.2 Å². The van der Waals surface area contributed by atoms with Crippen molar-refractivity contribution in [2.24, 2.45) is 0 Å². The highest BCUT2D eigenvalue weighted by Crippen LogP contribution is 2.12. The fourth-order valence-corrected chi connectivity index (χ4v) is 2.05. The Labute approximate surface area is 139 Å². The summed E-state index contributed by atoms with van der Waals surface area (Å²) in [4.78, 5) is 27.7. The molecule has 126 valence electrons. The molecule has 0 aliphatic rings. The van der Waals surface area contributed by atoms with E-state index in [0.29, 0.717) is 5.56 Å². The maximum Gasteiger partial charge on any atom is 0.256 e. The van der Waals surface area contributed by atoms with Crippen LogP contribution in [0.5, 0.6) is 5.88 Å². The average Bonchev–Trinajstić information content (AvgIpc) is 2.60.